The van der Waals surface area contributed by atoms with Crippen molar-refractivity contribution in [1.82, 2.24) is 0 Å². The van der Waals surface area contributed by atoms with Gasteiger partial charge in [0.2, 0.25) is 0 Å². The van der Waals surface area contributed by atoms with Gasteiger partial charge in [0.15, 0.2) is 0 Å². The molecule has 0 bridgehead atoms. The fraction of sp³-hybridized carbons (Fsp3) is 1.00. The van der Waals surface area contributed by atoms with Crippen molar-refractivity contribution in [2.45, 2.75) is 44.9 Å². The van der Waals surface area contributed by atoms with E-state index in [4.69, 9.17) is 51.2 Å². The third-order valence-corrected chi connectivity index (χ3v) is 8.21. The maximum atomic E-state index is 10.9. The van der Waals surface area contributed by atoms with Crippen LogP contribution < -0.4 is 17.2 Å². The zero-order valence-electron chi connectivity index (χ0n) is 27.5. The van der Waals surface area contributed by atoms with Crippen molar-refractivity contribution in [3.63, 3.8) is 0 Å². The van der Waals surface area contributed by atoms with Crippen LogP contribution >= 0.6 is 23.5 Å². The molecule has 46 heavy (non-hydrogen) atoms. The van der Waals surface area contributed by atoms with Gasteiger partial charge in [0.1, 0.15) is 0 Å². The van der Waals surface area contributed by atoms with E-state index < -0.39 is 23.5 Å². The zero-order chi connectivity index (χ0) is 35.6. The molecular formula is C24H60N3O16P3. The van der Waals surface area contributed by atoms with Crippen LogP contribution in [0.3, 0.4) is 0 Å². The maximum absolute atomic E-state index is 10.9. The molecule has 0 radical (unpaired) electrons. The summed E-state index contributed by atoms with van der Waals surface area (Å²) in [4.78, 5) is 26.6. The summed E-state index contributed by atoms with van der Waals surface area (Å²) in [5.74, 6) is -0.146. The SMILES string of the molecule is COP(=O)(O)OCC(CO)CCCCN.COP(=O)(O)OCCCCCCN.COP(=O)(O)OCCOCCOCCOCCN. The number of hydrogen-bond donors (Lipinski definition) is 7. The van der Waals surface area contributed by atoms with Crippen LogP contribution in [0.15, 0.2) is 0 Å². The van der Waals surface area contributed by atoms with Crippen LogP contribution in [0.2, 0.25) is 0 Å². The molecule has 0 aromatic carbocycles. The maximum Gasteiger partial charge on any atom is 0.471 e. The van der Waals surface area contributed by atoms with Crippen LogP contribution in [-0.4, -0.2) is 127 Å². The van der Waals surface area contributed by atoms with Crippen molar-refractivity contribution in [2.75, 3.05) is 107 Å². The molecule has 0 rings (SSSR count). The number of rotatable bonds is 30. The lowest BCUT2D eigenvalue weighted by Crippen LogP contribution is -2.14. The first-order valence-corrected chi connectivity index (χ1v) is 19.3. The van der Waals surface area contributed by atoms with Crippen molar-refractivity contribution in [1.29, 1.82) is 0 Å². The lowest BCUT2D eigenvalue weighted by atomic mass is 10.0. The molecule has 0 fully saturated rings. The molecule has 0 saturated heterocycles. The number of nitrogens with two attached hydrogens (primary N) is 3. The van der Waals surface area contributed by atoms with Gasteiger partial charge in [0, 0.05) is 40.4 Å². The number of aliphatic hydroxyl groups is 1. The first-order chi connectivity index (χ1) is 21.8. The van der Waals surface area contributed by atoms with Crippen molar-refractivity contribution < 1.29 is 74.8 Å². The van der Waals surface area contributed by atoms with Gasteiger partial charge in [-0.25, -0.2) is 13.7 Å². The molecule has 4 unspecified atom stereocenters. The van der Waals surface area contributed by atoms with E-state index in [0.717, 1.165) is 66.3 Å². The second-order valence-corrected chi connectivity index (χ2v) is 13.8. The standard InChI is InChI=1S/C9H22NO7P.C8H20NO5P.C7H18NO4P/c1-13-18(11,12)17-9-8-16-7-6-15-5-4-14-3-2-10;1-13-15(11,12)14-7-8(6-10)4-2-3-5-9;1-11-13(9,10)12-7-5-3-2-4-6-8/h2-10H2,1H3,(H,11,12);8,10H,2-7,9H2,1H3,(H,11,12);2-8H2,1H3,(H,9,10). The first kappa shape index (κ1) is 50.4. The second kappa shape index (κ2) is 34.9. The molecule has 282 valence electrons. The minimum absolute atomic E-state index is 0.0127. The highest BCUT2D eigenvalue weighted by Crippen LogP contribution is 2.43. The zero-order valence-corrected chi connectivity index (χ0v) is 30.2. The average molecular weight is 740 g/mol. The predicted molar refractivity (Wildman–Crippen MR) is 171 cm³/mol. The van der Waals surface area contributed by atoms with E-state index in [1.165, 1.54) is 0 Å². The van der Waals surface area contributed by atoms with Crippen LogP contribution in [0.4, 0.5) is 0 Å². The third kappa shape index (κ3) is 40.2. The van der Waals surface area contributed by atoms with Gasteiger partial charge in [-0.15, -0.1) is 0 Å². The Hall–Kier alpha value is 0.0500. The van der Waals surface area contributed by atoms with Gasteiger partial charge in [-0.2, -0.15) is 0 Å². The highest BCUT2D eigenvalue weighted by molar-refractivity contribution is 7.47. The summed E-state index contributed by atoms with van der Waals surface area (Å²) in [6.07, 6.45) is 6.20. The monoisotopic (exact) mass is 739 g/mol. The Morgan fingerprint density at radius 1 is 0.522 bits per heavy atom. The Kier molecular flexibility index (Phi) is 38.3. The molecule has 4 atom stereocenters. The predicted octanol–water partition coefficient (Wildman–Crippen LogP) is 1.51. The molecule has 0 heterocycles. The van der Waals surface area contributed by atoms with Crippen molar-refractivity contribution in [3.05, 3.63) is 0 Å². The molecule has 0 aromatic rings. The quantitative estimate of drug-likeness (QED) is 0.0406. The first-order valence-electron chi connectivity index (χ1n) is 14.8. The Balaban J connectivity index is -0.000000612. The Bertz CT molecular complexity index is 791. The average Bonchev–Trinajstić information content (AvgIpc) is 3.03. The fourth-order valence-electron chi connectivity index (χ4n) is 2.78. The molecule has 0 saturated carbocycles. The molecule has 19 nitrogen and oxygen atoms in total. The smallest absolute Gasteiger partial charge is 0.396 e. The molecule has 0 spiro atoms. The topological polar surface area (TPSA) is 293 Å². The number of unbranched alkanes of at least 4 members (excludes halogenated alkanes) is 4. The Morgan fingerprint density at radius 2 is 0.935 bits per heavy atom. The third-order valence-electron chi connectivity index (χ3n) is 5.33. The van der Waals surface area contributed by atoms with Gasteiger partial charge >= 0.3 is 23.5 Å². The molecule has 0 aromatic heterocycles. The normalized spacial score (nSPS) is 15.8. The Morgan fingerprint density at radius 3 is 1.39 bits per heavy atom. The summed E-state index contributed by atoms with van der Waals surface area (Å²) < 4.78 is 74.5. The number of ether oxygens (including phenoxy) is 3. The number of phosphoric ester groups is 3. The highest BCUT2D eigenvalue weighted by Gasteiger charge is 2.21. The molecule has 0 aliphatic rings. The second-order valence-electron chi connectivity index (χ2n) is 9.08. The lowest BCUT2D eigenvalue weighted by molar-refractivity contribution is 0.00826. The molecule has 10 N–H and O–H groups in total. The lowest BCUT2D eigenvalue weighted by Gasteiger charge is -2.15. The summed E-state index contributed by atoms with van der Waals surface area (Å²) >= 11 is 0. The van der Waals surface area contributed by atoms with E-state index in [9.17, 15) is 13.7 Å². The largest absolute Gasteiger partial charge is 0.471 e. The number of hydrogen-bond acceptors (Lipinski definition) is 16. The van der Waals surface area contributed by atoms with Gasteiger partial charge in [0.25, 0.3) is 0 Å². The minimum Gasteiger partial charge on any atom is -0.396 e. The number of aliphatic hydroxyl groups excluding tert-OH is 1. The van der Waals surface area contributed by atoms with Crippen molar-refractivity contribution in [2.24, 2.45) is 23.1 Å². The van der Waals surface area contributed by atoms with E-state index in [1.54, 1.807) is 0 Å². The Labute approximate surface area is 273 Å². The van der Waals surface area contributed by atoms with Crippen LogP contribution in [0.1, 0.15) is 44.9 Å². The van der Waals surface area contributed by atoms with E-state index >= 15 is 0 Å². The highest BCUT2D eigenvalue weighted by atomic mass is 31.2. The van der Waals surface area contributed by atoms with Crippen molar-refractivity contribution in [3.8, 4) is 0 Å². The van der Waals surface area contributed by atoms with E-state index in [1.807, 2.05) is 0 Å². The summed E-state index contributed by atoms with van der Waals surface area (Å²) in [6, 6.07) is 0. The van der Waals surface area contributed by atoms with Gasteiger partial charge in [0.05, 0.1) is 59.5 Å². The molecule has 0 aliphatic carbocycles. The van der Waals surface area contributed by atoms with Crippen molar-refractivity contribution >= 4 is 23.5 Å². The van der Waals surface area contributed by atoms with Gasteiger partial charge in [-0.1, -0.05) is 19.3 Å². The van der Waals surface area contributed by atoms with E-state index in [-0.39, 0.29) is 39.0 Å². The van der Waals surface area contributed by atoms with Gasteiger partial charge < -0.3 is 51.2 Å². The van der Waals surface area contributed by atoms with Crippen LogP contribution in [0.5, 0.6) is 0 Å². The van der Waals surface area contributed by atoms with Crippen LogP contribution in [0.25, 0.3) is 0 Å². The van der Waals surface area contributed by atoms with Crippen LogP contribution in [-0.2, 0) is 55.0 Å². The van der Waals surface area contributed by atoms with Gasteiger partial charge in [-0.3, -0.25) is 27.1 Å². The van der Waals surface area contributed by atoms with Gasteiger partial charge in [-0.05, 0) is 38.8 Å². The van der Waals surface area contributed by atoms with E-state index in [0.29, 0.717) is 52.7 Å². The summed E-state index contributed by atoms with van der Waals surface area (Å²) in [5, 5.41) is 8.97. The minimum atomic E-state index is -3.92. The molecule has 22 heteroatoms. The summed E-state index contributed by atoms with van der Waals surface area (Å²) in [6.45, 7) is 4.49. The molecule has 0 amide bonds. The van der Waals surface area contributed by atoms with Crippen LogP contribution in [0, 0.1) is 5.92 Å². The molecule has 0 aliphatic heterocycles. The number of phosphoric acid groups is 3. The summed E-state index contributed by atoms with van der Waals surface area (Å²) in [7, 11) is -8.21. The molecular weight excluding hydrogens is 679 g/mol. The van der Waals surface area contributed by atoms with E-state index in [2.05, 4.69) is 27.1 Å². The summed E-state index contributed by atoms with van der Waals surface area (Å²) in [5.41, 5.74) is 15.9. The fourth-order valence-corrected chi connectivity index (χ4v) is 4.16.